The Balaban J connectivity index is 0. The van der Waals surface area contributed by atoms with Crippen molar-refractivity contribution in [2.45, 2.75) is 79.8 Å². The van der Waals surface area contributed by atoms with Crippen LogP contribution in [0.4, 0.5) is 0 Å². The lowest BCUT2D eigenvalue weighted by molar-refractivity contribution is 0.0305. The molecule has 4 nitrogen and oxygen atoms in total. The van der Waals surface area contributed by atoms with Gasteiger partial charge < -0.3 is 9.47 Å². The number of nitrogens with zero attached hydrogens (tertiary/aromatic N) is 2. The minimum Gasteiger partial charge on any atom is -0.353 e. The van der Waals surface area contributed by atoms with Crippen LogP contribution in [0.5, 0.6) is 0 Å². The van der Waals surface area contributed by atoms with Crippen LogP contribution in [0.1, 0.15) is 73.3 Å². The third-order valence-corrected chi connectivity index (χ3v) is 5.60. The van der Waals surface area contributed by atoms with Crippen LogP contribution in [0.2, 0.25) is 0 Å². The number of rotatable bonds is 8. The molecule has 2 aliphatic heterocycles. The zero-order valence-electron chi connectivity index (χ0n) is 22.9. The summed E-state index contributed by atoms with van der Waals surface area (Å²) in [5, 5.41) is 0. The highest BCUT2D eigenvalue weighted by atomic mass is 16.7. The number of likely N-dealkylation sites (tertiary alicyclic amines) is 1. The Morgan fingerprint density at radius 1 is 0.879 bits per heavy atom. The molecule has 3 rings (SSSR count). The molecule has 33 heavy (non-hydrogen) atoms. The minimum absolute atomic E-state index is 0.315. The van der Waals surface area contributed by atoms with Crippen LogP contribution in [0, 0.1) is 0 Å². The molecule has 2 fully saturated rings. The number of hydrogen-bond acceptors (Lipinski definition) is 4. The van der Waals surface area contributed by atoms with E-state index in [1.54, 1.807) is 0 Å². The first-order chi connectivity index (χ1) is 16.2. The fraction of sp³-hybridized carbons (Fsp3) is 0.655. The van der Waals surface area contributed by atoms with E-state index < -0.39 is 0 Å². The van der Waals surface area contributed by atoms with Crippen LogP contribution >= 0.6 is 0 Å². The van der Waals surface area contributed by atoms with Crippen LogP contribution in [0.25, 0.3) is 0 Å². The minimum atomic E-state index is 0.315. The van der Waals surface area contributed by atoms with Gasteiger partial charge in [0.2, 0.25) is 0 Å². The first-order valence-corrected chi connectivity index (χ1v) is 13.1. The molecule has 0 N–H and O–H groups in total. The van der Waals surface area contributed by atoms with Crippen molar-refractivity contribution in [1.29, 1.82) is 0 Å². The van der Waals surface area contributed by atoms with Crippen molar-refractivity contribution in [2.24, 2.45) is 0 Å². The van der Waals surface area contributed by atoms with Gasteiger partial charge in [-0.15, -0.1) is 13.2 Å². The lowest BCUT2D eigenvalue weighted by atomic mass is 9.83. The van der Waals surface area contributed by atoms with Gasteiger partial charge >= 0.3 is 0 Å². The van der Waals surface area contributed by atoms with Crippen molar-refractivity contribution >= 4 is 0 Å². The Morgan fingerprint density at radius 3 is 1.73 bits per heavy atom. The molecule has 0 atom stereocenters. The normalized spacial score (nSPS) is 16.4. The van der Waals surface area contributed by atoms with Gasteiger partial charge in [0.15, 0.2) is 0 Å². The molecule has 0 aromatic heterocycles. The average Bonchev–Trinajstić information content (AvgIpc) is 3.49. The highest BCUT2D eigenvalue weighted by Crippen LogP contribution is 2.32. The first-order valence-electron chi connectivity index (χ1n) is 13.1. The first kappa shape index (κ1) is 33.7. The van der Waals surface area contributed by atoms with E-state index in [4.69, 9.17) is 9.47 Å². The van der Waals surface area contributed by atoms with Crippen molar-refractivity contribution < 1.29 is 9.47 Å². The van der Waals surface area contributed by atoms with Crippen molar-refractivity contribution in [1.82, 2.24) is 9.80 Å². The quantitative estimate of drug-likeness (QED) is 0.382. The molecule has 1 aromatic carbocycles. The molecule has 0 radical (unpaired) electrons. The Bertz CT molecular complexity index is 518. The monoisotopic (exact) mass is 462 g/mol. The van der Waals surface area contributed by atoms with Gasteiger partial charge in [0, 0.05) is 38.3 Å². The number of ether oxygens (including phenoxy) is 2. The van der Waals surface area contributed by atoms with Crippen LogP contribution in [-0.4, -0.2) is 61.5 Å². The summed E-state index contributed by atoms with van der Waals surface area (Å²) in [5.74, 6) is 0. The summed E-state index contributed by atoms with van der Waals surface area (Å²) in [4.78, 5) is 5.15. The van der Waals surface area contributed by atoms with E-state index in [0.29, 0.717) is 12.3 Å². The summed E-state index contributed by atoms with van der Waals surface area (Å²) < 4.78 is 9.44. The molecule has 2 aliphatic rings. The van der Waals surface area contributed by atoms with Crippen molar-refractivity contribution in [2.75, 3.05) is 46.2 Å². The summed E-state index contributed by atoms with van der Waals surface area (Å²) in [6, 6.07) is 10.8. The maximum atomic E-state index is 4.72. The Hall–Kier alpha value is -1.46. The van der Waals surface area contributed by atoms with E-state index in [2.05, 4.69) is 60.2 Å². The Morgan fingerprint density at radius 2 is 1.36 bits per heavy atom. The smallest absolute Gasteiger partial charge is 0.146 e. The molecule has 0 bridgehead atoms. The van der Waals surface area contributed by atoms with Gasteiger partial charge in [-0.1, -0.05) is 91.0 Å². The topological polar surface area (TPSA) is 24.9 Å². The summed E-state index contributed by atoms with van der Waals surface area (Å²) in [7, 11) is 0. The molecule has 2 heterocycles. The zero-order chi connectivity index (χ0) is 25.4. The van der Waals surface area contributed by atoms with Gasteiger partial charge in [0.1, 0.15) is 6.79 Å². The summed E-state index contributed by atoms with van der Waals surface area (Å²) in [6.07, 6.45) is 7.72. The second-order valence-corrected chi connectivity index (χ2v) is 7.26. The molecule has 4 heteroatoms. The van der Waals surface area contributed by atoms with Gasteiger partial charge in [-0.3, -0.25) is 9.80 Å². The second-order valence-electron chi connectivity index (χ2n) is 7.26. The van der Waals surface area contributed by atoms with E-state index in [1.165, 1.54) is 37.9 Å². The van der Waals surface area contributed by atoms with Gasteiger partial charge in [-0.05, 0) is 24.8 Å². The van der Waals surface area contributed by atoms with E-state index in [0.717, 1.165) is 32.8 Å². The standard InChI is InChI=1S/C20H30N2.C3H6O2.3C2H6/c1-4-14-22(15-5-2)20(6-3)12-16-21(17-13-20)18-19-10-8-7-9-11-19;1-2-5-3-4-1;3*1-2/h4-5,7-11H,1-2,6,12-18H2,3H3;1-3H2;3*1-2H3. The van der Waals surface area contributed by atoms with Crippen molar-refractivity contribution in [3.63, 3.8) is 0 Å². The molecule has 1 aromatic rings. The summed E-state index contributed by atoms with van der Waals surface area (Å²) in [5.41, 5.74) is 1.73. The molecule has 0 saturated carbocycles. The number of piperidine rings is 1. The maximum absolute atomic E-state index is 4.72. The number of hydrogen-bond donors (Lipinski definition) is 0. The lowest BCUT2D eigenvalue weighted by Crippen LogP contribution is -2.55. The molecule has 192 valence electrons. The highest BCUT2D eigenvalue weighted by molar-refractivity contribution is 5.14. The molecule has 0 spiro atoms. The SMILES string of the molecule is C1COCO1.C=CCN(CC=C)C1(CC)CCN(Cc2ccccc2)CC1.CC.CC.CC. The predicted octanol–water partition coefficient (Wildman–Crippen LogP) is 7.17. The fourth-order valence-electron chi connectivity index (χ4n) is 3.93. The van der Waals surface area contributed by atoms with Gasteiger partial charge in [0.25, 0.3) is 0 Å². The molecule has 0 unspecified atom stereocenters. The van der Waals surface area contributed by atoms with Crippen molar-refractivity contribution in [3.8, 4) is 0 Å². The van der Waals surface area contributed by atoms with Gasteiger partial charge in [-0.2, -0.15) is 0 Å². The Labute approximate surface area is 206 Å². The zero-order valence-corrected chi connectivity index (χ0v) is 22.9. The van der Waals surface area contributed by atoms with E-state index in [-0.39, 0.29) is 0 Å². The predicted molar refractivity (Wildman–Crippen MR) is 147 cm³/mol. The largest absolute Gasteiger partial charge is 0.353 e. The van der Waals surface area contributed by atoms with E-state index >= 15 is 0 Å². The summed E-state index contributed by atoms with van der Waals surface area (Å²) in [6.45, 7) is 29.6. The molecule has 2 saturated heterocycles. The van der Waals surface area contributed by atoms with Crippen LogP contribution in [-0.2, 0) is 16.0 Å². The Kier molecular flexibility index (Phi) is 24.2. The lowest BCUT2D eigenvalue weighted by Gasteiger charge is -2.48. The highest BCUT2D eigenvalue weighted by Gasteiger charge is 2.37. The molecular weight excluding hydrogens is 408 g/mol. The van der Waals surface area contributed by atoms with Crippen LogP contribution < -0.4 is 0 Å². The maximum Gasteiger partial charge on any atom is 0.146 e. The van der Waals surface area contributed by atoms with E-state index in [1.807, 2.05) is 53.7 Å². The van der Waals surface area contributed by atoms with Gasteiger partial charge in [-0.25, -0.2) is 0 Å². The average molecular weight is 463 g/mol. The third kappa shape index (κ3) is 13.7. The third-order valence-electron chi connectivity index (χ3n) is 5.60. The van der Waals surface area contributed by atoms with Crippen LogP contribution in [0.15, 0.2) is 55.6 Å². The van der Waals surface area contributed by atoms with Gasteiger partial charge in [0.05, 0.1) is 13.2 Å². The molecule has 0 amide bonds. The molecular formula is C29H54N2O2. The van der Waals surface area contributed by atoms with Crippen LogP contribution in [0.3, 0.4) is 0 Å². The summed E-state index contributed by atoms with van der Waals surface area (Å²) >= 11 is 0. The fourth-order valence-corrected chi connectivity index (χ4v) is 3.93. The molecule has 0 aliphatic carbocycles. The second kappa shape index (κ2) is 23.7. The number of benzene rings is 1. The van der Waals surface area contributed by atoms with E-state index in [9.17, 15) is 0 Å². The van der Waals surface area contributed by atoms with Crippen molar-refractivity contribution in [3.05, 3.63) is 61.2 Å².